The van der Waals surface area contributed by atoms with Gasteiger partial charge >= 0.3 is 34.7 Å². The van der Waals surface area contributed by atoms with E-state index >= 15 is 0 Å². The molecule has 0 rings (SSSR count). The molecule has 0 amide bonds. The summed E-state index contributed by atoms with van der Waals surface area (Å²) in [6, 6.07) is 0. The van der Waals surface area contributed by atoms with Crippen LogP contribution in [0.1, 0.15) is 0 Å². The van der Waals surface area contributed by atoms with Crippen molar-refractivity contribution < 1.29 is 97.0 Å². The van der Waals surface area contributed by atoms with Crippen LogP contribution in [0.3, 0.4) is 0 Å². The summed E-state index contributed by atoms with van der Waals surface area (Å²) >= 11 is 0. The predicted molar refractivity (Wildman–Crippen MR) is 13.6 cm³/mol. The fourth-order valence-corrected chi connectivity index (χ4v) is 0. The minimum atomic E-state index is 0. The molecule has 0 aromatic rings. The van der Waals surface area contributed by atoms with Crippen molar-refractivity contribution >= 4 is 34.7 Å². The molecule has 0 bridgehead atoms. The van der Waals surface area contributed by atoms with E-state index in [-0.39, 0.29) is 132 Å². The first-order valence-electron chi connectivity index (χ1n) is 0. The van der Waals surface area contributed by atoms with Gasteiger partial charge in [-0.05, 0) is 0 Å². The molecule has 0 N–H and O–H groups in total. The van der Waals surface area contributed by atoms with E-state index < -0.39 is 0 Å². The zero-order valence-corrected chi connectivity index (χ0v) is 12.5. The molecule has 0 aromatic carbocycles. The molecule has 9 heavy (non-hydrogen) atoms. The van der Waals surface area contributed by atoms with Crippen molar-refractivity contribution in [2.24, 2.45) is 0 Å². The summed E-state index contributed by atoms with van der Waals surface area (Å²) < 4.78 is 0. The first-order chi connectivity index (χ1) is 0. The van der Waals surface area contributed by atoms with Gasteiger partial charge < -0.3 is 16.4 Å². The molecule has 0 heterocycles. The van der Waals surface area contributed by atoms with Crippen molar-refractivity contribution in [2.75, 3.05) is 0 Å². The molecule has 2 radical (unpaired) electrons. The second-order valence-corrected chi connectivity index (χ2v) is 0. The summed E-state index contributed by atoms with van der Waals surface area (Å²) in [4.78, 5) is 0. The van der Waals surface area contributed by atoms with Crippen molar-refractivity contribution in [2.45, 2.75) is 0 Å². The Bertz CT molecular complexity index is 17.8. The van der Waals surface area contributed by atoms with Gasteiger partial charge in [0.05, 0.1) is 0 Å². The summed E-state index contributed by atoms with van der Waals surface area (Å²) in [6.45, 7) is 0. The molecule has 3 nitrogen and oxygen atoms in total. The summed E-state index contributed by atoms with van der Waals surface area (Å²) in [5.41, 5.74) is 0. The summed E-state index contributed by atoms with van der Waals surface area (Å²) in [7, 11) is 0. The van der Waals surface area contributed by atoms with Crippen LogP contribution in [-0.2, 0) is 97.0 Å². The van der Waals surface area contributed by atoms with Gasteiger partial charge in [-0.25, -0.2) is 0 Å². The van der Waals surface area contributed by atoms with Crippen LogP contribution in [0.15, 0.2) is 0 Å². The van der Waals surface area contributed by atoms with Gasteiger partial charge in [-0.3, -0.25) is 0 Å². The molecular weight excluding hydrogens is 300 g/mol. The van der Waals surface area contributed by atoms with E-state index in [9.17, 15) is 0 Å². The van der Waals surface area contributed by atoms with Gasteiger partial charge in [0.1, 0.15) is 0 Å². The maximum atomic E-state index is 0. The van der Waals surface area contributed by atoms with E-state index in [1.165, 1.54) is 0 Å². The van der Waals surface area contributed by atoms with E-state index in [1.807, 2.05) is 0 Å². The first kappa shape index (κ1) is 133. The Morgan fingerprint density at radius 1 is 0.444 bits per heavy atom. The van der Waals surface area contributed by atoms with Crippen LogP contribution in [0.25, 0.3) is 0 Å². The largest absolute Gasteiger partial charge is 3.00 e. The maximum Gasteiger partial charge on any atom is 3.00 e. The third-order valence-electron chi connectivity index (χ3n) is 0. The molecule has 0 aliphatic rings. The van der Waals surface area contributed by atoms with Gasteiger partial charge in [-0.2, -0.15) is 0 Å². The fourth-order valence-electron chi connectivity index (χ4n) is 0. The Hall–Kier alpha value is 3.54. The number of hydrogen-bond donors (Lipinski definition) is 0. The molecule has 42 valence electrons. The van der Waals surface area contributed by atoms with Gasteiger partial charge in [-0.15, -0.1) is 0 Å². The Balaban J connectivity index is 0. The summed E-state index contributed by atoms with van der Waals surface area (Å²) in [5.74, 6) is 0. The quantitative estimate of drug-likeness (QED) is 0.507. The van der Waals surface area contributed by atoms with Crippen LogP contribution in [-0.4, -0.2) is 34.7 Å². The molecule has 0 saturated carbocycles. The second kappa shape index (κ2) is 102. The average molecular weight is 300 g/mol. The zero-order valence-electron chi connectivity index (χ0n) is 4.27. The maximum absolute atomic E-state index is 0. The second-order valence-electron chi connectivity index (χ2n) is 0. The van der Waals surface area contributed by atoms with Crippen molar-refractivity contribution in [3.63, 3.8) is 0 Å². The Kier molecular flexibility index (Phi) is 1510. The standard InChI is InChI=1S/2Al.3O.2Ti.2V/q2*+3;3*-2;;;;. The van der Waals surface area contributed by atoms with Gasteiger partial charge in [0.15, 0.2) is 0 Å². The average Bonchev–Trinajstić information content (AvgIpc) is 0. The molecule has 9 heteroatoms. The molecule has 0 spiro atoms. The molecule has 0 fully saturated rings. The van der Waals surface area contributed by atoms with Crippen LogP contribution in [0.5, 0.6) is 0 Å². The van der Waals surface area contributed by atoms with Crippen LogP contribution >= 0.6 is 0 Å². The van der Waals surface area contributed by atoms with Crippen LogP contribution < -0.4 is 0 Å². The van der Waals surface area contributed by atoms with E-state index in [0.29, 0.717) is 0 Å². The minimum Gasteiger partial charge on any atom is -2.00 e. The fraction of sp³-hybridized carbons (Fsp3) is 0. The molecule has 0 aromatic heterocycles. The predicted octanol–water partition coefficient (Wildman–Crippen LogP) is -1.13. The van der Waals surface area contributed by atoms with Crippen molar-refractivity contribution in [3.05, 3.63) is 0 Å². The monoisotopic (exact) mass is 300 g/mol. The van der Waals surface area contributed by atoms with Crippen LogP contribution in [0.4, 0.5) is 0 Å². The molecule has 0 aliphatic carbocycles. The normalized spacial score (nSPS) is 0. The number of rotatable bonds is 0. The topological polar surface area (TPSA) is 85.5 Å². The van der Waals surface area contributed by atoms with Gasteiger partial charge in [0.25, 0.3) is 0 Å². The van der Waals surface area contributed by atoms with Crippen molar-refractivity contribution in [1.82, 2.24) is 0 Å². The Morgan fingerprint density at radius 3 is 0.444 bits per heavy atom. The molecule has 0 aliphatic heterocycles. The Labute approximate surface area is 130 Å². The van der Waals surface area contributed by atoms with Gasteiger partial charge in [0, 0.05) is 80.5 Å². The minimum absolute atomic E-state index is 0. The molecule has 0 atom stereocenters. The third-order valence-corrected chi connectivity index (χ3v) is 0. The van der Waals surface area contributed by atoms with E-state index in [0.717, 1.165) is 0 Å². The van der Waals surface area contributed by atoms with Crippen molar-refractivity contribution in [3.8, 4) is 0 Å². The van der Waals surface area contributed by atoms with E-state index in [2.05, 4.69) is 0 Å². The number of hydrogen-bond acceptors (Lipinski definition) is 0. The smallest absolute Gasteiger partial charge is 2.00 e. The third kappa shape index (κ3) is 83.8. The SMILES string of the molecule is [Al+3].[Al+3].[O-2].[O-2].[O-2].[Ti].[Ti].[V].[V]. The summed E-state index contributed by atoms with van der Waals surface area (Å²) in [5, 5.41) is 0. The van der Waals surface area contributed by atoms with Crippen LogP contribution in [0.2, 0.25) is 0 Å². The molecular formula is Al2O3Ti2V2. The van der Waals surface area contributed by atoms with Crippen molar-refractivity contribution in [1.29, 1.82) is 0 Å². The van der Waals surface area contributed by atoms with Gasteiger partial charge in [-0.1, -0.05) is 0 Å². The first-order valence-corrected chi connectivity index (χ1v) is 0. The Morgan fingerprint density at radius 2 is 0.444 bits per heavy atom. The summed E-state index contributed by atoms with van der Waals surface area (Å²) in [6.07, 6.45) is 0. The molecule has 0 saturated heterocycles. The van der Waals surface area contributed by atoms with E-state index in [1.54, 1.807) is 0 Å². The molecule has 0 unspecified atom stereocenters. The van der Waals surface area contributed by atoms with Gasteiger partial charge in [0.2, 0.25) is 0 Å². The van der Waals surface area contributed by atoms with E-state index in [4.69, 9.17) is 0 Å². The van der Waals surface area contributed by atoms with Crippen LogP contribution in [0, 0.1) is 0 Å². The zero-order chi connectivity index (χ0) is 0.